The van der Waals surface area contributed by atoms with Crippen LogP contribution in [0.3, 0.4) is 0 Å². The fraction of sp³-hybridized carbons (Fsp3) is 0.133. The third-order valence-electron chi connectivity index (χ3n) is 3.23. The number of nitrogen functional groups attached to an aromatic ring is 1. The Morgan fingerprint density at radius 1 is 1.21 bits per heavy atom. The molecule has 0 fully saturated rings. The summed E-state index contributed by atoms with van der Waals surface area (Å²) in [4.78, 5) is 4.72. The molecule has 0 unspecified atom stereocenters. The molecule has 4 heteroatoms. The second-order valence-electron chi connectivity index (χ2n) is 4.73. The number of hydrogen-bond acceptors (Lipinski definition) is 2. The average Bonchev–Trinajstić information content (AvgIpc) is 2.68. The first-order valence-corrected chi connectivity index (χ1v) is 6.84. The topological polar surface area (TPSA) is 43.8 Å². The molecule has 0 aliphatic heterocycles. The van der Waals surface area contributed by atoms with E-state index in [1.54, 1.807) is 0 Å². The molecule has 0 aliphatic rings. The Bertz CT molecular complexity index is 774. The lowest BCUT2D eigenvalue weighted by atomic mass is 10.2. The number of anilines is 1. The Morgan fingerprint density at radius 3 is 2.74 bits per heavy atom. The third kappa shape index (κ3) is 2.02. The van der Waals surface area contributed by atoms with Gasteiger partial charge in [-0.05, 0) is 52.7 Å². The normalized spacial score (nSPS) is 11.1. The third-order valence-corrected chi connectivity index (χ3v) is 3.83. The van der Waals surface area contributed by atoms with E-state index in [1.165, 1.54) is 5.56 Å². The van der Waals surface area contributed by atoms with Gasteiger partial charge in [0.2, 0.25) is 0 Å². The molecule has 2 aromatic carbocycles. The van der Waals surface area contributed by atoms with Crippen LogP contribution in [0.1, 0.15) is 5.56 Å². The largest absolute Gasteiger partial charge is 0.399 e. The average molecular weight is 316 g/mol. The second kappa shape index (κ2) is 4.38. The van der Waals surface area contributed by atoms with Crippen LogP contribution in [-0.2, 0) is 7.05 Å². The van der Waals surface area contributed by atoms with Crippen molar-refractivity contribution in [3.8, 4) is 11.4 Å². The quantitative estimate of drug-likeness (QED) is 0.692. The number of fused-ring (bicyclic) bond motifs is 1. The zero-order valence-electron chi connectivity index (χ0n) is 10.8. The minimum atomic E-state index is 0.750. The summed E-state index contributed by atoms with van der Waals surface area (Å²) in [6.07, 6.45) is 0. The summed E-state index contributed by atoms with van der Waals surface area (Å²) in [5.41, 5.74) is 10.9. The molecule has 2 N–H and O–H groups in total. The highest BCUT2D eigenvalue weighted by molar-refractivity contribution is 9.10. The molecule has 0 saturated carbocycles. The van der Waals surface area contributed by atoms with Crippen molar-refractivity contribution in [2.45, 2.75) is 6.92 Å². The number of rotatable bonds is 1. The van der Waals surface area contributed by atoms with E-state index in [2.05, 4.69) is 39.6 Å². The van der Waals surface area contributed by atoms with E-state index >= 15 is 0 Å². The van der Waals surface area contributed by atoms with E-state index in [1.807, 2.05) is 31.3 Å². The molecule has 3 nitrogen and oxygen atoms in total. The highest BCUT2D eigenvalue weighted by atomic mass is 79.9. The summed E-state index contributed by atoms with van der Waals surface area (Å²) < 4.78 is 3.12. The zero-order chi connectivity index (χ0) is 13.6. The molecule has 1 heterocycles. The van der Waals surface area contributed by atoms with E-state index in [9.17, 15) is 0 Å². The van der Waals surface area contributed by atoms with E-state index in [0.717, 1.165) is 32.6 Å². The Labute approximate surface area is 120 Å². The van der Waals surface area contributed by atoms with Crippen molar-refractivity contribution in [3.63, 3.8) is 0 Å². The van der Waals surface area contributed by atoms with Crippen LogP contribution in [0.15, 0.2) is 40.9 Å². The molecule has 3 aromatic rings. The fourth-order valence-corrected chi connectivity index (χ4v) is 2.97. The van der Waals surface area contributed by atoms with Crippen LogP contribution in [0.2, 0.25) is 0 Å². The van der Waals surface area contributed by atoms with Crippen LogP contribution in [0.4, 0.5) is 5.69 Å². The minimum Gasteiger partial charge on any atom is -0.399 e. The molecule has 0 saturated heterocycles. The predicted molar refractivity (Wildman–Crippen MR) is 83.0 cm³/mol. The smallest absolute Gasteiger partial charge is 0.140 e. The molecule has 3 rings (SSSR count). The van der Waals surface area contributed by atoms with Gasteiger partial charge in [0, 0.05) is 22.8 Å². The Hall–Kier alpha value is -1.81. The summed E-state index contributed by atoms with van der Waals surface area (Å²) in [5, 5.41) is 0. The lowest BCUT2D eigenvalue weighted by Gasteiger charge is -2.03. The van der Waals surface area contributed by atoms with E-state index in [-0.39, 0.29) is 0 Å². The van der Waals surface area contributed by atoms with Gasteiger partial charge in [0.05, 0.1) is 5.52 Å². The van der Waals surface area contributed by atoms with Crippen LogP contribution in [-0.4, -0.2) is 9.55 Å². The van der Waals surface area contributed by atoms with Gasteiger partial charge in [-0.3, -0.25) is 0 Å². The van der Waals surface area contributed by atoms with Crippen molar-refractivity contribution in [2.24, 2.45) is 7.05 Å². The van der Waals surface area contributed by atoms with Crippen LogP contribution < -0.4 is 5.73 Å². The van der Waals surface area contributed by atoms with Crippen molar-refractivity contribution in [1.82, 2.24) is 9.55 Å². The lowest BCUT2D eigenvalue weighted by Crippen LogP contribution is -1.93. The molecular formula is C15H14BrN3. The summed E-state index contributed by atoms with van der Waals surface area (Å²) >= 11 is 3.58. The maximum Gasteiger partial charge on any atom is 0.140 e. The van der Waals surface area contributed by atoms with Gasteiger partial charge in [0.1, 0.15) is 11.3 Å². The molecule has 0 amide bonds. The van der Waals surface area contributed by atoms with Crippen molar-refractivity contribution in [3.05, 3.63) is 46.4 Å². The van der Waals surface area contributed by atoms with Gasteiger partial charge in [0.25, 0.3) is 0 Å². The minimum absolute atomic E-state index is 0.750. The summed E-state index contributed by atoms with van der Waals surface area (Å²) in [7, 11) is 2.03. The van der Waals surface area contributed by atoms with Crippen molar-refractivity contribution < 1.29 is 0 Å². The van der Waals surface area contributed by atoms with Crippen LogP contribution in [0, 0.1) is 6.92 Å². The molecule has 0 aliphatic carbocycles. The molecule has 0 spiro atoms. The maximum atomic E-state index is 5.85. The first kappa shape index (κ1) is 12.2. The number of imidazole rings is 1. The van der Waals surface area contributed by atoms with Gasteiger partial charge >= 0.3 is 0 Å². The summed E-state index contributed by atoms with van der Waals surface area (Å²) in [6, 6.07) is 12.0. The first-order chi connectivity index (χ1) is 9.06. The zero-order valence-corrected chi connectivity index (χ0v) is 12.4. The van der Waals surface area contributed by atoms with Crippen molar-refractivity contribution in [2.75, 3.05) is 5.73 Å². The standard InChI is InChI=1S/C15H14BrN3/c1-9-6-12(16)14-13(7-9)19(2)15(18-14)10-4-3-5-11(17)8-10/h3-8H,17H2,1-2H3. The van der Waals surface area contributed by atoms with Gasteiger partial charge in [-0.25, -0.2) is 4.98 Å². The summed E-state index contributed by atoms with van der Waals surface area (Å²) in [6.45, 7) is 2.08. The van der Waals surface area contributed by atoms with E-state index < -0.39 is 0 Å². The number of hydrogen-bond donors (Lipinski definition) is 1. The summed E-state index contributed by atoms with van der Waals surface area (Å²) in [5.74, 6) is 0.925. The van der Waals surface area contributed by atoms with Crippen LogP contribution >= 0.6 is 15.9 Å². The van der Waals surface area contributed by atoms with E-state index in [4.69, 9.17) is 10.7 Å². The molecule has 0 bridgehead atoms. The lowest BCUT2D eigenvalue weighted by molar-refractivity contribution is 0.959. The van der Waals surface area contributed by atoms with Gasteiger partial charge < -0.3 is 10.3 Å². The number of nitrogens with zero attached hydrogens (tertiary/aromatic N) is 2. The van der Waals surface area contributed by atoms with E-state index in [0.29, 0.717) is 0 Å². The van der Waals surface area contributed by atoms with Gasteiger partial charge in [-0.2, -0.15) is 0 Å². The monoisotopic (exact) mass is 315 g/mol. The Morgan fingerprint density at radius 2 is 2.00 bits per heavy atom. The molecule has 96 valence electrons. The fourth-order valence-electron chi connectivity index (χ4n) is 2.31. The predicted octanol–water partition coefficient (Wildman–Crippen LogP) is 3.89. The highest BCUT2D eigenvalue weighted by Crippen LogP contribution is 2.30. The van der Waals surface area contributed by atoms with Gasteiger partial charge in [0.15, 0.2) is 0 Å². The highest BCUT2D eigenvalue weighted by Gasteiger charge is 2.12. The Kier molecular flexibility index (Phi) is 2.82. The number of nitrogens with two attached hydrogens (primary N) is 1. The molecule has 1 aromatic heterocycles. The van der Waals surface area contributed by atoms with Gasteiger partial charge in [-0.15, -0.1) is 0 Å². The second-order valence-corrected chi connectivity index (χ2v) is 5.59. The molecule has 0 atom stereocenters. The SMILES string of the molecule is Cc1cc(Br)c2nc(-c3cccc(N)c3)n(C)c2c1. The number of aryl methyl sites for hydroxylation is 2. The maximum absolute atomic E-state index is 5.85. The first-order valence-electron chi connectivity index (χ1n) is 6.05. The van der Waals surface area contributed by atoms with Crippen LogP contribution in [0.25, 0.3) is 22.4 Å². The number of benzene rings is 2. The number of aromatic nitrogens is 2. The van der Waals surface area contributed by atoms with Crippen molar-refractivity contribution >= 4 is 32.7 Å². The molecule has 0 radical (unpaired) electrons. The van der Waals surface area contributed by atoms with Crippen molar-refractivity contribution in [1.29, 1.82) is 0 Å². The Balaban J connectivity index is 2.31. The molecular weight excluding hydrogens is 302 g/mol. The van der Waals surface area contributed by atoms with Gasteiger partial charge in [-0.1, -0.05) is 12.1 Å². The molecule has 19 heavy (non-hydrogen) atoms. The van der Waals surface area contributed by atoms with Crippen LogP contribution in [0.5, 0.6) is 0 Å². The number of halogens is 1.